The van der Waals surface area contributed by atoms with Crippen LogP contribution in [0.2, 0.25) is 0 Å². The Balaban J connectivity index is 2.17. The first-order valence-corrected chi connectivity index (χ1v) is 6.10. The smallest absolute Gasteiger partial charge is 0.251 e. The number of hydrogen-bond acceptors (Lipinski definition) is 4. The highest BCUT2D eigenvalue weighted by Crippen LogP contribution is 2.24. The van der Waals surface area contributed by atoms with Gasteiger partial charge in [0, 0.05) is 12.7 Å². The van der Waals surface area contributed by atoms with Gasteiger partial charge in [0.15, 0.2) is 0 Å². The topological polar surface area (TPSA) is 99.8 Å². The second-order valence-corrected chi connectivity index (χ2v) is 4.48. The van der Waals surface area contributed by atoms with E-state index in [-0.39, 0.29) is 5.82 Å². The average molecular weight is 267 g/mol. The third-order valence-electron chi connectivity index (χ3n) is 3.14. The van der Waals surface area contributed by atoms with E-state index in [1.807, 2.05) is 34.9 Å². The van der Waals surface area contributed by atoms with Crippen molar-refractivity contribution in [1.29, 1.82) is 0 Å². The largest absolute Gasteiger partial charge is 0.383 e. The van der Waals surface area contributed by atoms with E-state index in [1.54, 1.807) is 6.20 Å². The Hall–Kier alpha value is -2.89. The molecule has 20 heavy (non-hydrogen) atoms. The minimum Gasteiger partial charge on any atom is -0.383 e. The summed E-state index contributed by atoms with van der Waals surface area (Å²) in [5.74, 6) is -0.279. The van der Waals surface area contributed by atoms with Crippen molar-refractivity contribution < 1.29 is 4.79 Å². The maximum absolute atomic E-state index is 11.5. The van der Waals surface area contributed by atoms with Gasteiger partial charge in [-0.1, -0.05) is 30.3 Å². The van der Waals surface area contributed by atoms with Crippen LogP contribution in [0.5, 0.6) is 0 Å². The van der Waals surface area contributed by atoms with E-state index in [1.165, 1.54) is 6.33 Å². The highest BCUT2D eigenvalue weighted by atomic mass is 16.1. The summed E-state index contributed by atoms with van der Waals surface area (Å²) >= 11 is 0. The van der Waals surface area contributed by atoms with Crippen molar-refractivity contribution in [2.75, 3.05) is 5.73 Å². The van der Waals surface area contributed by atoms with Crippen LogP contribution in [-0.4, -0.2) is 20.4 Å². The third kappa shape index (κ3) is 1.97. The molecule has 0 spiro atoms. The summed E-state index contributed by atoms with van der Waals surface area (Å²) in [5, 5.41) is 0.510. The summed E-state index contributed by atoms with van der Waals surface area (Å²) in [4.78, 5) is 19.7. The molecule has 0 aliphatic heterocycles. The normalized spacial score (nSPS) is 10.8. The summed E-state index contributed by atoms with van der Waals surface area (Å²) < 4.78 is 1.85. The van der Waals surface area contributed by atoms with Gasteiger partial charge in [-0.15, -0.1) is 0 Å². The molecule has 0 saturated carbocycles. The van der Waals surface area contributed by atoms with Crippen molar-refractivity contribution in [3.05, 3.63) is 54.0 Å². The molecule has 0 aliphatic carbocycles. The van der Waals surface area contributed by atoms with Crippen molar-refractivity contribution in [3.63, 3.8) is 0 Å². The van der Waals surface area contributed by atoms with Gasteiger partial charge in [0.1, 0.15) is 17.8 Å². The lowest BCUT2D eigenvalue weighted by atomic mass is 10.2. The number of aromatic nitrogens is 3. The second-order valence-electron chi connectivity index (χ2n) is 4.48. The molecule has 1 aromatic carbocycles. The van der Waals surface area contributed by atoms with Crippen LogP contribution >= 0.6 is 0 Å². The quantitative estimate of drug-likeness (QED) is 0.743. The van der Waals surface area contributed by atoms with E-state index in [4.69, 9.17) is 11.5 Å². The van der Waals surface area contributed by atoms with Crippen molar-refractivity contribution in [2.24, 2.45) is 5.73 Å². The van der Waals surface area contributed by atoms with Crippen LogP contribution in [0.15, 0.2) is 42.9 Å². The number of primary amides is 1. The van der Waals surface area contributed by atoms with Crippen molar-refractivity contribution in [2.45, 2.75) is 6.54 Å². The summed E-state index contributed by atoms with van der Waals surface area (Å²) in [6.07, 6.45) is 3.05. The van der Waals surface area contributed by atoms with Crippen LogP contribution in [0, 0.1) is 0 Å². The van der Waals surface area contributed by atoms with Gasteiger partial charge in [-0.05, 0) is 5.56 Å². The molecule has 1 amide bonds. The molecule has 0 atom stereocenters. The first-order valence-electron chi connectivity index (χ1n) is 6.10. The molecule has 6 heteroatoms. The molecule has 100 valence electrons. The van der Waals surface area contributed by atoms with Crippen LogP contribution in [0.4, 0.5) is 5.82 Å². The molecule has 4 N–H and O–H groups in total. The monoisotopic (exact) mass is 267 g/mol. The molecular formula is C14H13N5O. The number of fused-ring (bicyclic) bond motifs is 1. The molecule has 0 bridgehead atoms. The summed E-state index contributed by atoms with van der Waals surface area (Å²) in [7, 11) is 0. The molecule has 0 aliphatic rings. The van der Waals surface area contributed by atoms with Gasteiger partial charge in [-0.3, -0.25) is 4.79 Å². The number of nitrogens with zero attached hydrogens (tertiary/aromatic N) is 3. The van der Waals surface area contributed by atoms with Gasteiger partial charge < -0.3 is 16.0 Å². The van der Waals surface area contributed by atoms with Crippen molar-refractivity contribution in [1.82, 2.24) is 14.5 Å². The number of amides is 1. The maximum Gasteiger partial charge on any atom is 0.251 e. The number of anilines is 1. The van der Waals surface area contributed by atoms with Crippen molar-refractivity contribution >= 4 is 22.8 Å². The van der Waals surface area contributed by atoms with Crippen LogP contribution in [0.25, 0.3) is 11.0 Å². The van der Waals surface area contributed by atoms with E-state index < -0.39 is 5.91 Å². The minimum atomic E-state index is -0.539. The van der Waals surface area contributed by atoms with Gasteiger partial charge in [0.05, 0.1) is 10.9 Å². The van der Waals surface area contributed by atoms with E-state index >= 15 is 0 Å². The molecule has 3 rings (SSSR count). The van der Waals surface area contributed by atoms with Gasteiger partial charge in [0.25, 0.3) is 5.91 Å². The lowest BCUT2D eigenvalue weighted by molar-refractivity contribution is 0.100. The van der Waals surface area contributed by atoms with E-state index in [9.17, 15) is 4.79 Å². The van der Waals surface area contributed by atoms with E-state index in [0.717, 1.165) is 5.56 Å². The first kappa shape index (κ1) is 12.2. The Bertz CT molecular complexity index is 779. The predicted molar refractivity (Wildman–Crippen MR) is 76.0 cm³/mol. The van der Waals surface area contributed by atoms with Gasteiger partial charge >= 0.3 is 0 Å². The number of nitrogens with two attached hydrogens (primary N) is 2. The van der Waals surface area contributed by atoms with Crippen LogP contribution in [0.1, 0.15) is 15.9 Å². The first-order chi connectivity index (χ1) is 9.66. The number of carbonyl (C=O) groups excluding carboxylic acids is 1. The SMILES string of the molecule is NC(=O)c1cn(Cc2ccccc2)c2ncnc(N)c12. The molecule has 0 saturated heterocycles. The number of nitrogen functional groups attached to an aromatic ring is 1. The Morgan fingerprint density at radius 2 is 1.95 bits per heavy atom. The molecule has 6 nitrogen and oxygen atoms in total. The molecule has 0 radical (unpaired) electrons. The predicted octanol–water partition coefficient (Wildman–Crippen LogP) is 1.16. The molecule has 2 aromatic heterocycles. The molecule has 0 unspecified atom stereocenters. The Kier molecular flexibility index (Phi) is 2.83. The van der Waals surface area contributed by atoms with Crippen LogP contribution in [0.3, 0.4) is 0 Å². The van der Waals surface area contributed by atoms with Crippen LogP contribution < -0.4 is 11.5 Å². The lowest BCUT2D eigenvalue weighted by Crippen LogP contribution is -2.11. The molecule has 2 heterocycles. The average Bonchev–Trinajstić information content (AvgIpc) is 2.81. The zero-order valence-corrected chi connectivity index (χ0v) is 10.7. The second kappa shape index (κ2) is 4.65. The number of rotatable bonds is 3. The molecule has 3 aromatic rings. The highest BCUT2D eigenvalue weighted by Gasteiger charge is 2.16. The summed E-state index contributed by atoms with van der Waals surface area (Å²) in [6, 6.07) is 9.87. The van der Waals surface area contributed by atoms with Crippen molar-refractivity contribution in [3.8, 4) is 0 Å². The standard InChI is InChI=1S/C14H13N5O/c15-12-11-10(13(16)20)7-19(14(11)18-8-17-12)6-9-4-2-1-3-5-9/h1-5,7-8H,6H2,(H2,16,20)(H2,15,17,18). The fourth-order valence-electron chi connectivity index (χ4n) is 2.23. The summed E-state index contributed by atoms with van der Waals surface area (Å²) in [6.45, 7) is 0.584. The summed E-state index contributed by atoms with van der Waals surface area (Å²) in [5.41, 5.74) is 13.3. The maximum atomic E-state index is 11.5. The van der Waals surface area contributed by atoms with Gasteiger partial charge in [-0.2, -0.15) is 0 Å². The Morgan fingerprint density at radius 1 is 1.20 bits per heavy atom. The van der Waals surface area contributed by atoms with Gasteiger partial charge in [0.2, 0.25) is 0 Å². The number of benzene rings is 1. The molecule has 0 fully saturated rings. The zero-order valence-electron chi connectivity index (χ0n) is 10.7. The fourth-order valence-corrected chi connectivity index (χ4v) is 2.23. The zero-order chi connectivity index (χ0) is 14.1. The van der Waals surface area contributed by atoms with E-state index in [0.29, 0.717) is 23.1 Å². The molecular weight excluding hydrogens is 254 g/mol. The fraction of sp³-hybridized carbons (Fsp3) is 0.0714. The lowest BCUT2D eigenvalue weighted by Gasteiger charge is -2.04. The van der Waals surface area contributed by atoms with E-state index in [2.05, 4.69) is 9.97 Å². The highest BCUT2D eigenvalue weighted by molar-refractivity contribution is 6.08. The third-order valence-corrected chi connectivity index (χ3v) is 3.14. The van der Waals surface area contributed by atoms with Crippen LogP contribution in [-0.2, 0) is 6.54 Å². The minimum absolute atomic E-state index is 0.260. The van der Waals surface area contributed by atoms with Gasteiger partial charge in [-0.25, -0.2) is 9.97 Å². The number of carbonyl (C=O) groups is 1. The number of hydrogen-bond donors (Lipinski definition) is 2. The Labute approximate surface area is 115 Å². The Morgan fingerprint density at radius 3 is 2.65 bits per heavy atom.